The Bertz CT molecular complexity index is 1210. The van der Waals surface area contributed by atoms with Crippen molar-refractivity contribution in [1.29, 1.82) is 0 Å². The molecule has 3 heterocycles. The summed E-state index contributed by atoms with van der Waals surface area (Å²) in [6, 6.07) is 5.94. The van der Waals surface area contributed by atoms with Crippen molar-refractivity contribution in [2.24, 2.45) is 4.99 Å². The Kier molecular flexibility index (Phi) is 4.92. The predicted molar refractivity (Wildman–Crippen MR) is 104 cm³/mol. The Hall–Kier alpha value is -4.52. The van der Waals surface area contributed by atoms with Crippen LogP contribution in [0.5, 0.6) is 0 Å². The number of nitrogens with zero attached hydrogens (tertiary/aromatic N) is 5. The minimum atomic E-state index is -1.04. The SMILES string of the molecule is O=C1CN(c2nc(-c3ccc(C(=O)O)cc3)co2)C(=O)C(C#CCn2ccnc2)=N1. The molecule has 0 atom stereocenters. The third kappa shape index (κ3) is 3.85. The summed E-state index contributed by atoms with van der Waals surface area (Å²) in [5, 5.41) is 8.98. The van der Waals surface area contributed by atoms with Gasteiger partial charge in [0, 0.05) is 18.0 Å². The first-order chi connectivity index (χ1) is 14.5. The molecule has 0 saturated carbocycles. The van der Waals surface area contributed by atoms with E-state index in [1.807, 2.05) is 0 Å². The maximum absolute atomic E-state index is 12.7. The van der Waals surface area contributed by atoms with Gasteiger partial charge in [-0.15, -0.1) is 0 Å². The molecule has 0 bridgehead atoms. The largest absolute Gasteiger partial charge is 0.478 e. The van der Waals surface area contributed by atoms with E-state index in [0.717, 1.165) is 4.90 Å². The highest BCUT2D eigenvalue weighted by molar-refractivity contribution is 6.52. The first kappa shape index (κ1) is 18.8. The first-order valence-electron chi connectivity index (χ1n) is 8.68. The lowest BCUT2D eigenvalue weighted by atomic mass is 10.1. The molecule has 0 spiro atoms. The Morgan fingerprint density at radius 2 is 2.03 bits per heavy atom. The lowest BCUT2D eigenvalue weighted by Gasteiger charge is -2.19. The quantitative estimate of drug-likeness (QED) is 0.649. The molecule has 3 aromatic rings. The van der Waals surface area contributed by atoms with E-state index in [2.05, 4.69) is 26.8 Å². The number of rotatable bonds is 4. The van der Waals surface area contributed by atoms with Crippen molar-refractivity contribution in [3.63, 3.8) is 0 Å². The molecule has 10 heteroatoms. The molecule has 4 rings (SSSR count). The van der Waals surface area contributed by atoms with Crippen molar-refractivity contribution in [2.45, 2.75) is 6.54 Å². The molecule has 1 aliphatic heterocycles. The second kappa shape index (κ2) is 7.84. The van der Waals surface area contributed by atoms with Crippen molar-refractivity contribution in [1.82, 2.24) is 14.5 Å². The third-order valence-corrected chi connectivity index (χ3v) is 4.16. The number of carbonyl (C=O) groups is 3. The number of carboxylic acids is 1. The molecule has 1 aliphatic rings. The van der Waals surface area contributed by atoms with Crippen LogP contribution in [0.1, 0.15) is 10.4 Å². The number of carboxylic acid groups (broad SMARTS) is 1. The second-order valence-corrected chi connectivity index (χ2v) is 6.18. The van der Waals surface area contributed by atoms with E-state index < -0.39 is 17.8 Å². The van der Waals surface area contributed by atoms with Crippen molar-refractivity contribution >= 4 is 29.5 Å². The van der Waals surface area contributed by atoms with Crippen LogP contribution in [0.3, 0.4) is 0 Å². The zero-order valence-corrected chi connectivity index (χ0v) is 15.3. The standard InChI is InChI=1S/C20H13N5O5/c26-17-10-25(18(27)15(22-17)2-1-8-24-9-7-21-12-24)20-23-16(11-30-20)13-3-5-14(6-4-13)19(28)29/h3-7,9,11-12H,8,10H2,(H,28,29). The molecule has 1 aromatic carbocycles. The summed E-state index contributed by atoms with van der Waals surface area (Å²) in [7, 11) is 0. The Morgan fingerprint density at radius 3 is 2.73 bits per heavy atom. The van der Waals surface area contributed by atoms with Gasteiger partial charge < -0.3 is 14.1 Å². The van der Waals surface area contributed by atoms with Gasteiger partial charge in [-0.1, -0.05) is 18.1 Å². The number of anilines is 1. The lowest BCUT2D eigenvalue weighted by Crippen LogP contribution is -2.44. The number of hydrogen-bond donors (Lipinski definition) is 1. The summed E-state index contributed by atoms with van der Waals surface area (Å²) < 4.78 is 7.08. The molecule has 148 valence electrons. The topological polar surface area (TPSA) is 131 Å². The van der Waals surface area contributed by atoms with Gasteiger partial charge in [-0.25, -0.2) is 14.7 Å². The summed E-state index contributed by atoms with van der Waals surface area (Å²) in [4.78, 5) is 48.5. The molecule has 30 heavy (non-hydrogen) atoms. The molecule has 1 N–H and O–H groups in total. The van der Waals surface area contributed by atoms with E-state index in [1.165, 1.54) is 18.4 Å². The molecule has 2 aromatic heterocycles. The maximum atomic E-state index is 12.7. The Balaban J connectivity index is 1.53. The van der Waals surface area contributed by atoms with Gasteiger partial charge in [-0.05, 0) is 18.1 Å². The van der Waals surface area contributed by atoms with Crippen LogP contribution < -0.4 is 4.90 Å². The van der Waals surface area contributed by atoms with E-state index in [0.29, 0.717) is 11.3 Å². The number of aromatic nitrogens is 3. The predicted octanol–water partition coefficient (Wildman–Crippen LogP) is 1.25. The average Bonchev–Trinajstić information content (AvgIpc) is 3.42. The first-order valence-corrected chi connectivity index (χ1v) is 8.68. The molecule has 0 radical (unpaired) electrons. The van der Waals surface area contributed by atoms with Crippen LogP contribution in [0.25, 0.3) is 11.3 Å². The van der Waals surface area contributed by atoms with Crippen molar-refractivity contribution in [3.05, 3.63) is 54.8 Å². The monoisotopic (exact) mass is 403 g/mol. The fraction of sp³-hybridized carbons (Fsp3) is 0.100. The zero-order chi connectivity index (χ0) is 21.1. The highest BCUT2D eigenvalue weighted by atomic mass is 16.4. The number of aromatic carboxylic acids is 1. The number of carbonyl (C=O) groups excluding carboxylic acids is 2. The Morgan fingerprint density at radius 1 is 1.23 bits per heavy atom. The minimum Gasteiger partial charge on any atom is -0.478 e. The van der Waals surface area contributed by atoms with Gasteiger partial charge in [0.05, 0.1) is 18.4 Å². The number of hydrogen-bond acceptors (Lipinski definition) is 6. The molecule has 0 fully saturated rings. The van der Waals surface area contributed by atoms with Gasteiger partial charge in [-0.3, -0.25) is 9.59 Å². The van der Waals surface area contributed by atoms with Gasteiger partial charge in [0.15, 0.2) is 5.71 Å². The van der Waals surface area contributed by atoms with E-state index in [9.17, 15) is 14.4 Å². The van der Waals surface area contributed by atoms with Crippen LogP contribution in [-0.2, 0) is 16.1 Å². The van der Waals surface area contributed by atoms with Crippen LogP contribution in [-0.4, -0.2) is 49.7 Å². The lowest BCUT2D eigenvalue weighted by molar-refractivity contribution is -0.120. The zero-order valence-electron chi connectivity index (χ0n) is 15.3. The van der Waals surface area contributed by atoms with Crippen LogP contribution in [0.15, 0.2) is 58.7 Å². The summed E-state index contributed by atoms with van der Waals surface area (Å²) in [6.45, 7) is -0.0284. The average molecular weight is 403 g/mol. The number of oxazole rings is 1. The number of aliphatic imine (C=N–C) groups is 1. The summed E-state index contributed by atoms with van der Waals surface area (Å²) in [5.41, 5.74) is 0.920. The van der Waals surface area contributed by atoms with Gasteiger partial charge >= 0.3 is 12.0 Å². The minimum absolute atomic E-state index is 0.0746. The summed E-state index contributed by atoms with van der Waals surface area (Å²) in [6.07, 6.45) is 6.21. The normalized spacial score (nSPS) is 13.6. The van der Waals surface area contributed by atoms with Crippen molar-refractivity contribution in [2.75, 3.05) is 11.4 Å². The smallest absolute Gasteiger partial charge is 0.335 e. The second-order valence-electron chi connectivity index (χ2n) is 6.18. The number of benzene rings is 1. The van der Waals surface area contributed by atoms with Gasteiger partial charge in [0.2, 0.25) is 0 Å². The van der Waals surface area contributed by atoms with Crippen LogP contribution in [0, 0.1) is 11.8 Å². The molecular formula is C20H13N5O5. The fourth-order valence-electron chi connectivity index (χ4n) is 2.68. The fourth-order valence-corrected chi connectivity index (χ4v) is 2.68. The van der Waals surface area contributed by atoms with Crippen LogP contribution >= 0.6 is 0 Å². The van der Waals surface area contributed by atoms with Gasteiger partial charge in [0.25, 0.3) is 11.8 Å². The number of amides is 2. The molecule has 0 saturated heterocycles. The maximum Gasteiger partial charge on any atom is 0.335 e. The van der Waals surface area contributed by atoms with Crippen LogP contribution in [0.4, 0.5) is 6.01 Å². The molecule has 2 amide bonds. The van der Waals surface area contributed by atoms with Crippen molar-refractivity contribution in [3.8, 4) is 23.1 Å². The van der Waals surface area contributed by atoms with E-state index in [-0.39, 0.29) is 30.4 Å². The third-order valence-electron chi connectivity index (χ3n) is 4.16. The highest BCUT2D eigenvalue weighted by Crippen LogP contribution is 2.24. The highest BCUT2D eigenvalue weighted by Gasteiger charge is 2.31. The van der Waals surface area contributed by atoms with Crippen LogP contribution in [0.2, 0.25) is 0 Å². The summed E-state index contributed by atoms with van der Waals surface area (Å²) >= 11 is 0. The summed E-state index contributed by atoms with van der Waals surface area (Å²) in [5.74, 6) is 3.19. The molecule has 0 unspecified atom stereocenters. The molecule has 0 aliphatic carbocycles. The van der Waals surface area contributed by atoms with Gasteiger partial charge in [-0.2, -0.15) is 9.98 Å². The van der Waals surface area contributed by atoms with E-state index in [1.54, 1.807) is 35.4 Å². The van der Waals surface area contributed by atoms with E-state index in [4.69, 9.17) is 9.52 Å². The van der Waals surface area contributed by atoms with Gasteiger partial charge in [0.1, 0.15) is 18.5 Å². The number of imidazole rings is 1. The van der Waals surface area contributed by atoms with E-state index >= 15 is 0 Å². The Labute approximate surface area is 169 Å². The molecule has 10 nitrogen and oxygen atoms in total. The molecular weight excluding hydrogens is 390 g/mol. The van der Waals surface area contributed by atoms with Crippen molar-refractivity contribution < 1.29 is 23.9 Å².